The maximum atomic E-state index is 6.54. The predicted molar refractivity (Wildman–Crippen MR) is 204 cm³/mol. The molecule has 0 unspecified atom stereocenters. The third-order valence-corrected chi connectivity index (χ3v) is 8.90. The first-order valence-electron chi connectivity index (χ1n) is 16.6. The van der Waals surface area contributed by atoms with Crippen molar-refractivity contribution in [1.29, 1.82) is 0 Å². The Balaban J connectivity index is 1.16. The second-order valence-corrected chi connectivity index (χ2v) is 12.1. The summed E-state index contributed by atoms with van der Waals surface area (Å²) in [5.74, 6) is 1.85. The van der Waals surface area contributed by atoms with Gasteiger partial charge < -0.3 is 9.32 Å². The highest BCUT2D eigenvalue weighted by atomic mass is 16.3. The van der Waals surface area contributed by atoms with Crippen LogP contribution in [0, 0.1) is 0 Å². The number of hydrogen-bond acceptors (Lipinski definition) is 5. The Morgan fingerprint density at radius 3 is 1.48 bits per heavy atom. The van der Waals surface area contributed by atoms with Crippen molar-refractivity contribution in [1.82, 2.24) is 15.0 Å². The number of furan rings is 1. The first kappa shape index (κ1) is 29.3. The average molecular weight is 643 g/mol. The molecule has 50 heavy (non-hydrogen) atoms. The lowest BCUT2D eigenvalue weighted by Gasteiger charge is -2.25. The van der Waals surface area contributed by atoms with Crippen LogP contribution in [0.25, 0.3) is 67.2 Å². The standard InChI is InChI=1S/C45H30N4O/c1-5-15-31(16-6-1)43-46-44(32-17-7-2-8-18-32)48-45(47-43)39-25-14-26-40-42(39)38-28-27-34(30-41(38)50-40)33-19-13-24-37(29-33)49(35-20-9-3-10-21-35)36-22-11-4-12-23-36/h1-30H. The summed E-state index contributed by atoms with van der Waals surface area (Å²) >= 11 is 0. The molecular formula is C45H30N4O. The van der Waals surface area contributed by atoms with Crippen LogP contribution in [0.4, 0.5) is 17.1 Å². The molecule has 0 aliphatic heterocycles. The van der Waals surface area contributed by atoms with E-state index in [0.717, 1.165) is 66.8 Å². The number of fused-ring (bicyclic) bond motifs is 3. The summed E-state index contributed by atoms with van der Waals surface area (Å²) in [4.78, 5) is 17.2. The van der Waals surface area contributed by atoms with E-state index in [1.807, 2.05) is 84.9 Å². The summed E-state index contributed by atoms with van der Waals surface area (Å²) in [7, 11) is 0. The Labute approximate surface area is 289 Å². The minimum atomic E-state index is 0.602. The molecule has 0 aliphatic rings. The van der Waals surface area contributed by atoms with Gasteiger partial charge in [0, 0.05) is 44.5 Å². The highest BCUT2D eigenvalue weighted by Gasteiger charge is 2.19. The highest BCUT2D eigenvalue weighted by Crippen LogP contribution is 2.40. The Morgan fingerprint density at radius 1 is 0.360 bits per heavy atom. The van der Waals surface area contributed by atoms with Crippen LogP contribution in [0.15, 0.2) is 186 Å². The molecule has 7 aromatic carbocycles. The van der Waals surface area contributed by atoms with E-state index in [-0.39, 0.29) is 0 Å². The number of para-hydroxylation sites is 2. The maximum Gasteiger partial charge on any atom is 0.164 e. The first-order valence-corrected chi connectivity index (χ1v) is 16.6. The van der Waals surface area contributed by atoms with Crippen LogP contribution in [0.1, 0.15) is 0 Å². The highest BCUT2D eigenvalue weighted by molar-refractivity contribution is 6.12. The second kappa shape index (κ2) is 12.6. The molecule has 2 aromatic heterocycles. The number of benzene rings is 7. The Bertz CT molecular complexity index is 2490. The molecule has 0 spiro atoms. The fraction of sp³-hybridized carbons (Fsp3) is 0. The van der Waals surface area contributed by atoms with Gasteiger partial charge in [-0.15, -0.1) is 0 Å². The number of anilines is 3. The normalized spacial score (nSPS) is 11.2. The van der Waals surface area contributed by atoms with Gasteiger partial charge in [0.1, 0.15) is 11.2 Å². The third kappa shape index (κ3) is 5.47. The molecule has 2 heterocycles. The van der Waals surface area contributed by atoms with Crippen LogP contribution in [0.2, 0.25) is 0 Å². The van der Waals surface area contributed by atoms with Gasteiger partial charge in [0.05, 0.1) is 0 Å². The van der Waals surface area contributed by atoms with Crippen molar-refractivity contribution in [2.24, 2.45) is 0 Å². The van der Waals surface area contributed by atoms with E-state index in [1.54, 1.807) is 0 Å². The lowest BCUT2D eigenvalue weighted by Crippen LogP contribution is -2.09. The number of rotatable bonds is 7. The molecule has 0 aliphatic carbocycles. The van der Waals surface area contributed by atoms with E-state index in [9.17, 15) is 0 Å². The molecular weight excluding hydrogens is 613 g/mol. The van der Waals surface area contributed by atoms with Crippen molar-refractivity contribution in [2.75, 3.05) is 4.90 Å². The molecule has 0 atom stereocenters. The predicted octanol–water partition coefficient (Wildman–Crippen LogP) is 11.9. The zero-order chi connectivity index (χ0) is 33.3. The van der Waals surface area contributed by atoms with Crippen molar-refractivity contribution in [3.05, 3.63) is 182 Å². The van der Waals surface area contributed by atoms with Crippen LogP contribution in [-0.2, 0) is 0 Å². The molecule has 0 saturated heterocycles. The third-order valence-electron chi connectivity index (χ3n) is 8.90. The van der Waals surface area contributed by atoms with Crippen molar-refractivity contribution >= 4 is 39.0 Å². The van der Waals surface area contributed by atoms with Gasteiger partial charge in [-0.25, -0.2) is 15.0 Å². The summed E-state index contributed by atoms with van der Waals surface area (Å²) in [6, 6.07) is 62.2. The van der Waals surface area contributed by atoms with Crippen molar-refractivity contribution in [3.63, 3.8) is 0 Å². The average Bonchev–Trinajstić information content (AvgIpc) is 3.58. The minimum Gasteiger partial charge on any atom is -0.456 e. The summed E-state index contributed by atoms with van der Waals surface area (Å²) in [6.07, 6.45) is 0. The van der Waals surface area contributed by atoms with Gasteiger partial charge in [-0.3, -0.25) is 0 Å². The van der Waals surface area contributed by atoms with E-state index in [2.05, 4.69) is 102 Å². The van der Waals surface area contributed by atoms with Gasteiger partial charge in [-0.2, -0.15) is 0 Å². The molecule has 0 N–H and O–H groups in total. The zero-order valence-corrected chi connectivity index (χ0v) is 27.0. The quantitative estimate of drug-likeness (QED) is 0.173. The second-order valence-electron chi connectivity index (χ2n) is 12.1. The van der Waals surface area contributed by atoms with Gasteiger partial charge in [-0.1, -0.05) is 127 Å². The minimum absolute atomic E-state index is 0.602. The molecule has 236 valence electrons. The molecule has 0 saturated carbocycles. The van der Waals surface area contributed by atoms with Crippen molar-refractivity contribution in [2.45, 2.75) is 0 Å². The molecule has 9 aromatic rings. The van der Waals surface area contributed by atoms with E-state index in [1.165, 1.54) is 0 Å². The first-order chi connectivity index (χ1) is 24.8. The fourth-order valence-corrected chi connectivity index (χ4v) is 6.55. The zero-order valence-electron chi connectivity index (χ0n) is 27.0. The lowest BCUT2D eigenvalue weighted by molar-refractivity contribution is 0.669. The molecule has 0 amide bonds. The molecule has 9 rings (SSSR count). The van der Waals surface area contributed by atoms with Crippen LogP contribution >= 0.6 is 0 Å². The summed E-state index contributed by atoms with van der Waals surface area (Å²) in [5.41, 5.74) is 9.79. The smallest absolute Gasteiger partial charge is 0.164 e. The number of hydrogen-bond donors (Lipinski definition) is 0. The van der Waals surface area contributed by atoms with Gasteiger partial charge >= 0.3 is 0 Å². The molecule has 0 bridgehead atoms. The fourth-order valence-electron chi connectivity index (χ4n) is 6.55. The number of nitrogens with zero attached hydrogens (tertiary/aromatic N) is 4. The van der Waals surface area contributed by atoms with Crippen LogP contribution in [0.3, 0.4) is 0 Å². The molecule has 5 heteroatoms. The van der Waals surface area contributed by atoms with Crippen molar-refractivity contribution in [3.8, 4) is 45.3 Å². The van der Waals surface area contributed by atoms with Gasteiger partial charge in [-0.05, 0) is 65.7 Å². The van der Waals surface area contributed by atoms with Crippen LogP contribution < -0.4 is 4.90 Å². The molecule has 0 radical (unpaired) electrons. The largest absolute Gasteiger partial charge is 0.456 e. The number of aromatic nitrogens is 3. The summed E-state index contributed by atoms with van der Waals surface area (Å²) in [6.45, 7) is 0. The van der Waals surface area contributed by atoms with E-state index in [4.69, 9.17) is 19.4 Å². The van der Waals surface area contributed by atoms with E-state index >= 15 is 0 Å². The topological polar surface area (TPSA) is 55.1 Å². The SMILES string of the molecule is c1ccc(-c2nc(-c3ccccc3)nc(-c3cccc4oc5cc(-c6cccc(N(c7ccccc7)c7ccccc7)c6)ccc5c34)n2)cc1. The van der Waals surface area contributed by atoms with Gasteiger partial charge in [0.15, 0.2) is 17.5 Å². The molecule has 5 nitrogen and oxygen atoms in total. The van der Waals surface area contributed by atoms with Gasteiger partial charge in [0.25, 0.3) is 0 Å². The monoisotopic (exact) mass is 642 g/mol. The summed E-state index contributed by atoms with van der Waals surface area (Å²) < 4.78 is 6.54. The Hall–Kier alpha value is -6.85. The van der Waals surface area contributed by atoms with Gasteiger partial charge in [0.2, 0.25) is 0 Å². The Kier molecular flexibility index (Phi) is 7.41. The van der Waals surface area contributed by atoms with Crippen molar-refractivity contribution < 1.29 is 4.42 Å². The summed E-state index contributed by atoms with van der Waals surface area (Å²) in [5, 5.41) is 1.99. The Morgan fingerprint density at radius 2 is 0.860 bits per heavy atom. The van der Waals surface area contributed by atoms with E-state index < -0.39 is 0 Å². The van der Waals surface area contributed by atoms with Crippen LogP contribution in [0.5, 0.6) is 0 Å². The molecule has 0 fully saturated rings. The van der Waals surface area contributed by atoms with Crippen LogP contribution in [-0.4, -0.2) is 15.0 Å². The lowest BCUT2D eigenvalue weighted by atomic mass is 10.0. The van der Waals surface area contributed by atoms with E-state index in [0.29, 0.717) is 17.5 Å². The maximum absolute atomic E-state index is 6.54.